The molecule has 3 unspecified atom stereocenters. The number of nitro benzene ring substituents is 1. The van der Waals surface area contributed by atoms with E-state index in [2.05, 4.69) is 10.6 Å². The monoisotopic (exact) mass is 469 g/mol. The lowest BCUT2D eigenvalue weighted by molar-refractivity contribution is -0.384. The number of nitrogens with zero attached hydrogens (tertiary/aromatic N) is 1. The number of rotatable bonds is 8. The molecule has 9 nitrogen and oxygen atoms in total. The molecule has 0 radical (unpaired) electrons. The fraction of sp³-hybridized carbons (Fsp3) is 0.261. The van der Waals surface area contributed by atoms with E-state index >= 15 is 0 Å². The van der Waals surface area contributed by atoms with Gasteiger partial charge in [-0.3, -0.25) is 24.5 Å². The molecule has 0 saturated heterocycles. The number of allylic oxidation sites excluding steroid dienone is 2. The number of nitro groups is 1. The molecule has 3 rings (SSSR count). The molecule has 3 N–H and O–H groups in total. The van der Waals surface area contributed by atoms with Gasteiger partial charge in [-0.2, -0.15) is 0 Å². The Bertz CT molecular complexity index is 1090. The number of carbonyl (C=O) groups is 3. The summed E-state index contributed by atoms with van der Waals surface area (Å²) < 4.78 is 0. The van der Waals surface area contributed by atoms with Crippen LogP contribution < -0.4 is 10.6 Å². The Balaban J connectivity index is 1.60. The summed E-state index contributed by atoms with van der Waals surface area (Å²) in [6.45, 7) is 1.72. The molecule has 0 heterocycles. The van der Waals surface area contributed by atoms with Crippen molar-refractivity contribution in [3.63, 3.8) is 0 Å². The summed E-state index contributed by atoms with van der Waals surface area (Å²) >= 11 is 1.28. The van der Waals surface area contributed by atoms with Gasteiger partial charge >= 0.3 is 5.97 Å². The molecule has 3 atom stereocenters. The first-order valence-electron chi connectivity index (χ1n) is 10.3. The van der Waals surface area contributed by atoms with E-state index < -0.39 is 28.0 Å². The van der Waals surface area contributed by atoms with Gasteiger partial charge in [0.25, 0.3) is 5.69 Å². The van der Waals surface area contributed by atoms with E-state index in [1.807, 2.05) is 6.08 Å². The van der Waals surface area contributed by atoms with Crippen molar-refractivity contribution in [1.29, 1.82) is 0 Å². The summed E-state index contributed by atoms with van der Waals surface area (Å²) in [5.74, 6) is -3.01. The maximum Gasteiger partial charge on any atom is 0.307 e. The van der Waals surface area contributed by atoms with Crippen molar-refractivity contribution in [3.05, 3.63) is 70.8 Å². The van der Waals surface area contributed by atoms with Gasteiger partial charge in [0.1, 0.15) is 0 Å². The molecule has 2 aromatic rings. The summed E-state index contributed by atoms with van der Waals surface area (Å²) in [4.78, 5) is 47.6. The topological polar surface area (TPSA) is 139 Å². The molecule has 2 amide bonds. The number of nitrogens with one attached hydrogen (secondary N) is 2. The Kier molecular flexibility index (Phi) is 7.83. The van der Waals surface area contributed by atoms with Gasteiger partial charge in [-0.05, 0) is 50.1 Å². The van der Waals surface area contributed by atoms with E-state index in [1.165, 1.54) is 36.0 Å². The third-order valence-corrected chi connectivity index (χ3v) is 6.31. The van der Waals surface area contributed by atoms with Crippen molar-refractivity contribution in [1.82, 2.24) is 0 Å². The Morgan fingerprint density at radius 2 is 1.70 bits per heavy atom. The Morgan fingerprint density at radius 3 is 2.33 bits per heavy atom. The number of carboxylic acids is 1. The SMILES string of the molecule is CC(Sc1cccc(NC(=O)C2CC=CCC2C(=O)O)c1)C(=O)Nc1ccc([N+](=O)[O-])cc1. The van der Waals surface area contributed by atoms with Gasteiger partial charge in [-0.1, -0.05) is 18.2 Å². The standard InChI is InChI=1S/C23H23N3O6S/c1-14(21(27)24-15-9-11-17(12-10-15)26(31)32)33-18-6-4-5-16(13-18)25-22(28)19-7-2-3-8-20(19)23(29)30/h2-6,9-14,19-20H,7-8H2,1H3,(H,24,27)(H,25,28)(H,29,30). The van der Waals surface area contributed by atoms with Crippen molar-refractivity contribution in [2.24, 2.45) is 11.8 Å². The molecule has 172 valence electrons. The van der Waals surface area contributed by atoms with Crippen LogP contribution in [0.3, 0.4) is 0 Å². The number of thioether (sulfide) groups is 1. The fourth-order valence-electron chi connectivity index (χ4n) is 3.43. The average molecular weight is 470 g/mol. The minimum Gasteiger partial charge on any atom is -0.481 e. The minimum atomic E-state index is -0.989. The lowest BCUT2D eigenvalue weighted by atomic mass is 9.82. The Hall–Kier alpha value is -3.66. The maximum absolute atomic E-state index is 12.7. The van der Waals surface area contributed by atoms with E-state index in [9.17, 15) is 29.6 Å². The summed E-state index contributed by atoms with van der Waals surface area (Å²) in [5, 5.41) is 25.1. The largest absolute Gasteiger partial charge is 0.481 e. The number of aliphatic carboxylic acids is 1. The molecule has 0 aliphatic heterocycles. The van der Waals surface area contributed by atoms with Crippen LogP contribution in [0.25, 0.3) is 0 Å². The zero-order valence-electron chi connectivity index (χ0n) is 17.8. The number of carbonyl (C=O) groups excluding carboxylic acids is 2. The van der Waals surface area contributed by atoms with Gasteiger partial charge in [-0.15, -0.1) is 11.8 Å². The number of benzene rings is 2. The zero-order chi connectivity index (χ0) is 24.0. The highest BCUT2D eigenvalue weighted by atomic mass is 32.2. The number of anilines is 2. The Labute approximate surface area is 194 Å². The second kappa shape index (κ2) is 10.8. The van der Waals surface area contributed by atoms with E-state index in [0.29, 0.717) is 24.2 Å². The van der Waals surface area contributed by atoms with Crippen LogP contribution in [0, 0.1) is 22.0 Å². The second-order valence-corrected chi connectivity index (χ2v) is 8.98. The lowest BCUT2D eigenvalue weighted by Gasteiger charge is -2.24. The van der Waals surface area contributed by atoms with E-state index in [0.717, 1.165) is 4.90 Å². The van der Waals surface area contributed by atoms with Gasteiger partial charge in [0.2, 0.25) is 11.8 Å². The molecule has 33 heavy (non-hydrogen) atoms. The molecule has 1 aliphatic rings. The summed E-state index contributed by atoms with van der Waals surface area (Å²) in [5.41, 5.74) is 0.911. The van der Waals surface area contributed by atoms with Crippen LogP contribution >= 0.6 is 11.8 Å². The van der Waals surface area contributed by atoms with Crippen LogP contribution in [0.1, 0.15) is 19.8 Å². The van der Waals surface area contributed by atoms with Crippen LogP contribution in [0.15, 0.2) is 65.6 Å². The van der Waals surface area contributed by atoms with Crippen LogP contribution in [0.2, 0.25) is 0 Å². The number of hydrogen-bond acceptors (Lipinski definition) is 6. The fourth-order valence-corrected chi connectivity index (χ4v) is 4.35. The predicted molar refractivity (Wildman–Crippen MR) is 125 cm³/mol. The number of non-ortho nitro benzene ring substituents is 1. The van der Waals surface area contributed by atoms with Crippen molar-refractivity contribution in [2.75, 3.05) is 10.6 Å². The van der Waals surface area contributed by atoms with E-state index in [-0.39, 0.29) is 17.5 Å². The summed E-state index contributed by atoms with van der Waals surface area (Å²) in [6.07, 6.45) is 4.30. The van der Waals surface area contributed by atoms with Gasteiger partial charge in [0, 0.05) is 28.4 Å². The van der Waals surface area contributed by atoms with E-state index in [4.69, 9.17) is 0 Å². The Morgan fingerprint density at radius 1 is 1.03 bits per heavy atom. The quantitative estimate of drug-likeness (QED) is 0.226. The normalized spacial score (nSPS) is 18.2. The van der Waals surface area contributed by atoms with Gasteiger partial charge in [0.15, 0.2) is 0 Å². The predicted octanol–water partition coefficient (Wildman–Crippen LogP) is 4.32. The molecule has 0 saturated carbocycles. The van der Waals surface area contributed by atoms with Gasteiger partial charge < -0.3 is 15.7 Å². The van der Waals surface area contributed by atoms with Gasteiger partial charge in [-0.25, -0.2) is 0 Å². The van der Waals surface area contributed by atoms with Crippen molar-refractivity contribution in [3.8, 4) is 0 Å². The highest BCUT2D eigenvalue weighted by Crippen LogP contribution is 2.30. The molecular formula is C23H23N3O6S. The minimum absolute atomic E-state index is 0.0618. The summed E-state index contributed by atoms with van der Waals surface area (Å²) in [7, 11) is 0. The number of hydrogen-bond donors (Lipinski definition) is 3. The number of amides is 2. The smallest absolute Gasteiger partial charge is 0.307 e. The highest BCUT2D eigenvalue weighted by molar-refractivity contribution is 8.00. The highest BCUT2D eigenvalue weighted by Gasteiger charge is 2.34. The maximum atomic E-state index is 12.7. The molecular weight excluding hydrogens is 446 g/mol. The summed E-state index contributed by atoms with van der Waals surface area (Å²) in [6, 6.07) is 12.6. The first-order valence-corrected chi connectivity index (χ1v) is 11.1. The molecule has 0 spiro atoms. The van der Waals surface area contributed by atoms with Crippen molar-refractivity contribution >= 4 is 46.6 Å². The average Bonchev–Trinajstić information content (AvgIpc) is 2.79. The molecule has 1 aliphatic carbocycles. The lowest BCUT2D eigenvalue weighted by Crippen LogP contribution is -2.34. The third-order valence-electron chi connectivity index (χ3n) is 5.22. The van der Waals surface area contributed by atoms with Crippen molar-refractivity contribution in [2.45, 2.75) is 29.9 Å². The number of carboxylic acid groups (broad SMARTS) is 1. The molecule has 0 bridgehead atoms. The third kappa shape index (κ3) is 6.42. The molecule has 0 aromatic heterocycles. The molecule has 0 fully saturated rings. The van der Waals surface area contributed by atoms with Crippen LogP contribution in [0.5, 0.6) is 0 Å². The first-order chi connectivity index (χ1) is 15.7. The first kappa shape index (κ1) is 24.0. The van der Waals surface area contributed by atoms with E-state index in [1.54, 1.807) is 37.3 Å². The second-order valence-electron chi connectivity index (χ2n) is 7.56. The van der Waals surface area contributed by atoms with Crippen LogP contribution in [0.4, 0.5) is 17.1 Å². The molecule has 2 aromatic carbocycles. The zero-order valence-corrected chi connectivity index (χ0v) is 18.6. The van der Waals surface area contributed by atoms with Crippen LogP contribution in [-0.2, 0) is 14.4 Å². The van der Waals surface area contributed by atoms with Crippen LogP contribution in [-0.4, -0.2) is 33.1 Å². The van der Waals surface area contributed by atoms with Crippen molar-refractivity contribution < 1.29 is 24.4 Å². The molecule has 10 heteroatoms. The van der Waals surface area contributed by atoms with Gasteiger partial charge in [0.05, 0.1) is 22.0 Å².